The van der Waals surface area contributed by atoms with Gasteiger partial charge in [0.2, 0.25) is 5.91 Å². The number of nitrogens with two attached hydrogens (primary N) is 1. The van der Waals surface area contributed by atoms with Crippen molar-refractivity contribution in [3.8, 4) is 0 Å². The number of hydrogen-bond acceptors (Lipinski definition) is 2. The van der Waals surface area contributed by atoms with Gasteiger partial charge in [-0.1, -0.05) is 0 Å². The van der Waals surface area contributed by atoms with Crippen LogP contribution in [-0.2, 0) is 11.3 Å². The van der Waals surface area contributed by atoms with Gasteiger partial charge in [0.25, 0.3) is 0 Å². The molecule has 1 fully saturated rings. The normalized spacial score (nSPS) is 17.0. The monoisotopic (exact) mass is 195 g/mol. The SMILES string of the molecule is O=C(Cn1ccnc1)N1CC[NH2+]CC1. The van der Waals surface area contributed by atoms with E-state index < -0.39 is 0 Å². The Hall–Kier alpha value is -1.36. The Balaban J connectivity index is 1.88. The van der Waals surface area contributed by atoms with Crippen molar-refractivity contribution in [1.29, 1.82) is 0 Å². The number of quaternary nitrogens is 1. The Labute approximate surface area is 82.7 Å². The van der Waals surface area contributed by atoms with E-state index in [9.17, 15) is 4.79 Å². The van der Waals surface area contributed by atoms with Crippen molar-refractivity contribution in [2.75, 3.05) is 26.2 Å². The van der Waals surface area contributed by atoms with E-state index in [0.717, 1.165) is 26.2 Å². The van der Waals surface area contributed by atoms with E-state index in [1.165, 1.54) is 0 Å². The third kappa shape index (κ3) is 2.11. The number of aromatic nitrogens is 2. The molecule has 0 unspecified atom stereocenters. The van der Waals surface area contributed by atoms with Crippen LogP contribution in [0.25, 0.3) is 0 Å². The van der Waals surface area contributed by atoms with Crippen LogP contribution in [0.1, 0.15) is 0 Å². The Morgan fingerprint density at radius 2 is 2.21 bits per heavy atom. The molecule has 0 aliphatic carbocycles. The lowest BCUT2D eigenvalue weighted by molar-refractivity contribution is -0.662. The molecule has 1 amide bonds. The Morgan fingerprint density at radius 1 is 1.43 bits per heavy atom. The number of hydrogen-bond donors (Lipinski definition) is 1. The lowest BCUT2D eigenvalue weighted by Crippen LogP contribution is -2.90. The van der Waals surface area contributed by atoms with Crippen LogP contribution in [0.3, 0.4) is 0 Å². The molecule has 0 spiro atoms. The number of nitrogens with zero attached hydrogens (tertiary/aromatic N) is 3. The van der Waals surface area contributed by atoms with E-state index in [1.54, 1.807) is 17.1 Å². The molecule has 5 nitrogen and oxygen atoms in total. The van der Waals surface area contributed by atoms with Crippen molar-refractivity contribution < 1.29 is 10.1 Å². The fraction of sp³-hybridized carbons (Fsp3) is 0.556. The lowest BCUT2D eigenvalue weighted by Gasteiger charge is -2.25. The van der Waals surface area contributed by atoms with Crippen LogP contribution in [-0.4, -0.2) is 46.5 Å². The predicted molar refractivity (Wildman–Crippen MR) is 50.5 cm³/mol. The fourth-order valence-electron chi connectivity index (χ4n) is 1.64. The van der Waals surface area contributed by atoms with Gasteiger partial charge in [-0.3, -0.25) is 4.79 Å². The molecule has 2 N–H and O–H groups in total. The molecule has 0 aromatic carbocycles. The predicted octanol–water partition coefficient (Wildman–Crippen LogP) is -1.71. The average molecular weight is 195 g/mol. The van der Waals surface area contributed by atoms with Gasteiger partial charge < -0.3 is 14.8 Å². The topological polar surface area (TPSA) is 54.7 Å². The van der Waals surface area contributed by atoms with E-state index in [4.69, 9.17) is 0 Å². The minimum Gasteiger partial charge on any atom is -0.343 e. The zero-order chi connectivity index (χ0) is 9.80. The van der Waals surface area contributed by atoms with E-state index in [2.05, 4.69) is 10.3 Å². The molecule has 1 aliphatic heterocycles. The minimum atomic E-state index is 0.191. The minimum absolute atomic E-state index is 0.191. The summed E-state index contributed by atoms with van der Waals surface area (Å²) < 4.78 is 1.81. The molecule has 2 rings (SSSR count). The first-order valence-electron chi connectivity index (χ1n) is 4.91. The zero-order valence-electron chi connectivity index (χ0n) is 8.09. The second kappa shape index (κ2) is 4.23. The summed E-state index contributed by atoms with van der Waals surface area (Å²) in [5, 5.41) is 2.24. The van der Waals surface area contributed by atoms with E-state index in [0.29, 0.717) is 6.54 Å². The van der Waals surface area contributed by atoms with Crippen LogP contribution in [0.4, 0.5) is 0 Å². The highest BCUT2D eigenvalue weighted by molar-refractivity contribution is 5.76. The molecule has 0 atom stereocenters. The van der Waals surface area contributed by atoms with Gasteiger partial charge in [-0.05, 0) is 0 Å². The summed E-state index contributed by atoms with van der Waals surface area (Å²) in [6, 6.07) is 0. The summed E-state index contributed by atoms with van der Waals surface area (Å²) in [7, 11) is 0. The number of carbonyl (C=O) groups is 1. The molecule has 5 heteroatoms. The van der Waals surface area contributed by atoms with Gasteiger partial charge in [0.15, 0.2) is 0 Å². The zero-order valence-corrected chi connectivity index (χ0v) is 8.09. The smallest absolute Gasteiger partial charge is 0.242 e. The summed E-state index contributed by atoms with van der Waals surface area (Å²) in [5.41, 5.74) is 0. The summed E-state index contributed by atoms with van der Waals surface area (Å²) >= 11 is 0. The van der Waals surface area contributed by atoms with Crippen LogP contribution in [0.2, 0.25) is 0 Å². The van der Waals surface area contributed by atoms with Crippen molar-refractivity contribution in [2.24, 2.45) is 0 Å². The van der Waals surface area contributed by atoms with Crippen molar-refractivity contribution in [1.82, 2.24) is 14.5 Å². The van der Waals surface area contributed by atoms with Gasteiger partial charge in [-0.2, -0.15) is 0 Å². The maximum atomic E-state index is 11.7. The quantitative estimate of drug-likeness (QED) is 0.611. The summed E-state index contributed by atoms with van der Waals surface area (Å²) in [5.74, 6) is 0.191. The molecule has 14 heavy (non-hydrogen) atoms. The van der Waals surface area contributed by atoms with Gasteiger partial charge >= 0.3 is 0 Å². The number of piperazine rings is 1. The van der Waals surface area contributed by atoms with Crippen LogP contribution in [0, 0.1) is 0 Å². The maximum absolute atomic E-state index is 11.7. The standard InChI is InChI=1S/C9H14N4O/c14-9(7-12-4-1-11-8-12)13-5-2-10-3-6-13/h1,4,8,10H,2-3,5-7H2/p+1. The lowest BCUT2D eigenvalue weighted by atomic mass is 10.3. The van der Waals surface area contributed by atoms with Gasteiger partial charge in [0.1, 0.15) is 6.54 Å². The Bertz CT molecular complexity index is 290. The maximum Gasteiger partial charge on any atom is 0.242 e. The summed E-state index contributed by atoms with van der Waals surface area (Å²) in [6.45, 7) is 4.20. The molecule has 0 saturated carbocycles. The van der Waals surface area contributed by atoms with Crippen LogP contribution < -0.4 is 5.32 Å². The van der Waals surface area contributed by atoms with E-state index >= 15 is 0 Å². The van der Waals surface area contributed by atoms with Crippen LogP contribution in [0.15, 0.2) is 18.7 Å². The first kappa shape index (κ1) is 9.21. The molecular weight excluding hydrogens is 180 g/mol. The third-order valence-corrected chi connectivity index (χ3v) is 2.44. The first-order chi connectivity index (χ1) is 6.86. The average Bonchev–Trinajstić information content (AvgIpc) is 2.72. The number of amides is 1. The Morgan fingerprint density at radius 3 is 2.86 bits per heavy atom. The van der Waals surface area contributed by atoms with Crippen molar-refractivity contribution in [3.05, 3.63) is 18.7 Å². The van der Waals surface area contributed by atoms with Crippen LogP contribution in [0.5, 0.6) is 0 Å². The molecular formula is C9H15N4O+. The van der Waals surface area contributed by atoms with Gasteiger partial charge in [0.05, 0.1) is 32.5 Å². The Kier molecular flexibility index (Phi) is 2.78. The molecule has 2 heterocycles. The summed E-state index contributed by atoms with van der Waals surface area (Å²) in [6.07, 6.45) is 5.18. The van der Waals surface area contributed by atoms with Crippen molar-refractivity contribution in [3.63, 3.8) is 0 Å². The highest BCUT2D eigenvalue weighted by atomic mass is 16.2. The highest BCUT2D eigenvalue weighted by Gasteiger charge is 2.17. The first-order valence-corrected chi connectivity index (χ1v) is 4.91. The third-order valence-electron chi connectivity index (χ3n) is 2.44. The van der Waals surface area contributed by atoms with Gasteiger partial charge in [0, 0.05) is 12.4 Å². The van der Waals surface area contributed by atoms with E-state index in [1.807, 2.05) is 11.1 Å². The van der Waals surface area contributed by atoms with Gasteiger partial charge in [-0.25, -0.2) is 4.98 Å². The number of carbonyl (C=O) groups excluding carboxylic acids is 1. The largest absolute Gasteiger partial charge is 0.343 e. The highest BCUT2D eigenvalue weighted by Crippen LogP contribution is 1.94. The molecule has 0 bridgehead atoms. The van der Waals surface area contributed by atoms with Gasteiger partial charge in [-0.15, -0.1) is 0 Å². The molecule has 1 saturated heterocycles. The molecule has 1 aromatic heterocycles. The number of rotatable bonds is 2. The molecule has 1 aliphatic rings. The molecule has 76 valence electrons. The van der Waals surface area contributed by atoms with Crippen molar-refractivity contribution in [2.45, 2.75) is 6.54 Å². The second-order valence-electron chi connectivity index (χ2n) is 3.48. The molecule has 0 radical (unpaired) electrons. The van der Waals surface area contributed by atoms with Crippen LogP contribution >= 0.6 is 0 Å². The van der Waals surface area contributed by atoms with E-state index in [-0.39, 0.29) is 5.91 Å². The van der Waals surface area contributed by atoms with Crippen molar-refractivity contribution >= 4 is 5.91 Å². The summed E-state index contributed by atoms with van der Waals surface area (Å²) in [4.78, 5) is 17.6. The molecule has 1 aromatic rings. The second-order valence-corrected chi connectivity index (χ2v) is 3.48. The fourth-order valence-corrected chi connectivity index (χ4v) is 1.64. The number of imidazole rings is 1.